The minimum Gasteiger partial charge on any atom is -0.495 e. The zero-order valence-corrected chi connectivity index (χ0v) is 26.4. The molecule has 10 nitrogen and oxygen atoms in total. The summed E-state index contributed by atoms with van der Waals surface area (Å²) in [7, 11) is 1.54. The maximum absolute atomic E-state index is 14.0. The summed E-state index contributed by atoms with van der Waals surface area (Å²) in [6.07, 6.45) is 3.77. The molecule has 2 unspecified atom stereocenters. The molecule has 3 N–H and O–H groups in total. The van der Waals surface area contributed by atoms with E-state index in [4.69, 9.17) is 36.5 Å². The van der Waals surface area contributed by atoms with Crippen LogP contribution in [0.2, 0.25) is 5.02 Å². The molecule has 2 heterocycles. The molecule has 3 amide bonds. The van der Waals surface area contributed by atoms with E-state index in [1.807, 2.05) is 52.8 Å². The van der Waals surface area contributed by atoms with Crippen LogP contribution in [0.15, 0.2) is 23.8 Å². The highest BCUT2D eigenvalue weighted by Gasteiger charge is 2.48. The van der Waals surface area contributed by atoms with E-state index < -0.39 is 41.5 Å². The molecule has 1 saturated heterocycles. The average Bonchev–Trinajstić information content (AvgIpc) is 3.31. The first-order valence-electron chi connectivity index (χ1n) is 14.8. The molecule has 0 bridgehead atoms. The second kappa shape index (κ2) is 11.9. The number of alkyl carbamates (subject to hydrolysis) is 1. The van der Waals surface area contributed by atoms with Gasteiger partial charge in [-0.1, -0.05) is 37.9 Å². The van der Waals surface area contributed by atoms with Crippen molar-refractivity contribution in [1.82, 2.24) is 15.2 Å². The number of hydrogen-bond donors (Lipinski definition) is 2. The Balaban J connectivity index is 1.38. The molecule has 232 valence electrons. The molecule has 43 heavy (non-hydrogen) atoms. The third-order valence-electron chi connectivity index (χ3n) is 8.54. The lowest BCUT2D eigenvalue weighted by Gasteiger charge is -2.35. The van der Waals surface area contributed by atoms with Gasteiger partial charge in [0, 0.05) is 17.9 Å². The monoisotopic (exact) mass is 612 g/mol. The molecule has 2 aromatic rings. The molecular formula is C32H41ClN4O6. The van der Waals surface area contributed by atoms with Gasteiger partial charge in [0.15, 0.2) is 0 Å². The van der Waals surface area contributed by atoms with Crippen molar-refractivity contribution in [1.29, 1.82) is 0 Å². The van der Waals surface area contributed by atoms with Crippen LogP contribution in [0.5, 0.6) is 11.5 Å². The highest BCUT2D eigenvalue weighted by molar-refractivity contribution is 6.36. The average molecular weight is 613 g/mol. The summed E-state index contributed by atoms with van der Waals surface area (Å²) >= 11 is 6.63. The van der Waals surface area contributed by atoms with Gasteiger partial charge in [0.25, 0.3) is 0 Å². The predicted molar refractivity (Wildman–Crippen MR) is 164 cm³/mol. The molecule has 11 heteroatoms. The SMILES string of the molecule is COc1ccc2c(OC3C[C@@H](C(N)=O)N(C(=O)[C@@H](NC(=O)OC4C[C@@H]5C[C@@H]5C4)C(C)(C)C)C3)cc(C=C(C)C)nc2c1Cl. The zero-order valence-electron chi connectivity index (χ0n) is 25.6. The van der Waals surface area contributed by atoms with Crippen molar-refractivity contribution in [2.24, 2.45) is 23.0 Å². The fourth-order valence-corrected chi connectivity index (χ4v) is 6.59. The first kappa shape index (κ1) is 30.9. The Morgan fingerprint density at radius 1 is 1.09 bits per heavy atom. The molecule has 1 aromatic heterocycles. The number of benzene rings is 1. The standard InChI is InChI=1S/C32H41ClN4O6/c1-16(2)9-19-13-25(22-7-8-24(41-6)26(33)27(22)35-19)42-21-14-23(29(34)38)37(15-21)30(39)28(32(3,4)5)36-31(40)43-20-11-17-10-18(17)12-20/h7-9,13,17-18,20-21,23,28H,10-12,14-15H2,1-6H3,(H2,34,38)(H,36,40)/t17-,18+,20?,21?,23-,28+/m0/s1. The topological polar surface area (TPSA) is 133 Å². The van der Waals surface area contributed by atoms with Gasteiger partial charge in [0.05, 0.1) is 24.9 Å². The number of nitrogens with zero attached hydrogens (tertiary/aromatic N) is 2. The second-order valence-corrected chi connectivity index (χ2v) is 13.7. The molecule has 1 aliphatic heterocycles. The largest absolute Gasteiger partial charge is 0.495 e. The van der Waals surface area contributed by atoms with Crippen molar-refractivity contribution >= 4 is 46.5 Å². The predicted octanol–water partition coefficient (Wildman–Crippen LogP) is 5.09. The van der Waals surface area contributed by atoms with Crippen LogP contribution in [-0.2, 0) is 14.3 Å². The van der Waals surface area contributed by atoms with E-state index >= 15 is 0 Å². The van der Waals surface area contributed by atoms with Gasteiger partial charge in [-0.05, 0) is 68.6 Å². The van der Waals surface area contributed by atoms with Crippen LogP contribution in [-0.4, -0.2) is 65.7 Å². The van der Waals surface area contributed by atoms with Crippen LogP contribution in [0.1, 0.15) is 66.0 Å². The van der Waals surface area contributed by atoms with E-state index in [1.165, 1.54) is 18.4 Å². The number of nitrogens with one attached hydrogen (secondary N) is 1. The third-order valence-corrected chi connectivity index (χ3v) is 8.90. The number of hydrogen-bond acceptors (Lipinski definition) is 7. The molecule has 1 aromatic carbocycles. The first-order valence-corrected chi connectivity index (χ1v) is 15.2. The highest BCUT2D eigenvalue weighted by atomic mass is 35.5. The van der Waals surface area contributed by atoms with Gasteiger partial charge in [-0.3, -0.25) is 9.59 Å². The van der Waals surface area contributed by atoms with Gasteiger partial charge < -0.3 is 30.2 Å². The van der Waals surface area contributed by atoms with Gasteiger partial charge in [-0.2, -0.15) is 0 Å². The normalized spacial score (nSPS) is 25.1. The lowest BCUT2D eigenvalue weighted by atomic mass is 9.85. The van der Waals surface area contributed by atoms with E-state index in [2.05, 4.69) is 5.32 Å². The number of carbonyl (C=O) groups excluding carboxylic acids is 3. The number of methoxy groups -OCH3 is 1. The number of pyridine rings is 1. The number of allylic oxidation sites excluding steroid dienone is 1. The van der Waals surface area contributed by atoms with Gasteiger partial charge in [-0.15, -0.1) is 0 Å². The van der Waals surface area contributed by atoms with Crippen LogP contribution in [0.4, 0.5) is 4.79 Å². The maximum atomic E-state index is 14.0. The summed E-state index contributed by atoms with van der Waals surface area (Å²) in [6.45, 7) is 9.60. The third kappa shape index (κ3) is 6.69. The molecule has 2 aliphatic carbocycles. The van der Waals surface area contributed by atoms with Crippen molar-refractivity contribution in [2.75, 3.05) is 13.7 Å². The minimum atomic E-state index is -0.936. The summed E-state index contributed by atoms with van der Waals surface area (Å²) in [5.41, 5.74) is 7.32. The maximum Gasteiger partial charge on any atom is 0.408 e. The van der Waals surface area contributed by atoms with Gasteiger partial charge in [-0.25, -0.2) is 9.78 Å². The van der Waals surface area contributed by atoms with Crippen LogP contribution in [0, 0.1) is 17.3 Å². The number of likely N-dealkylation sites (tertiary alicyclic amines) is 1. The summed E-state index contributed by atoms with van der Waals surface area (Å²) in [4.78, 5) is 45.6. The smallest absolute Gasteiger partial charge is 0.408 e. The minimum absolute atomic E-state index is 0.105. The van der Waals surface area contributed by atoms with Gasteiger partial charge in [0.1, 0.15) is 40.8 Å². The van der Waals surface area contributed by atoms with Gasteiger partial charge >= 0.3 is 6.09 Å². The van der Waals surface area contributed by atoms with E-state index in [0.717, 1.165) is 18.4 Å². The van der Waals surface area contributed by atoms with Crippen molar-refractivity contribution in [2.45, 2.75) is 84.6 Å². The Bertz CT molecular complexity index is 1460. The number of carbonyl (C=O) groups is 3. The summed E-state index contributed by atoms with van der Waals surface area (Å²) in [6, 6.07) is 3.52. The van der Waals surface area contributed by atoms with Crippen molar-refractivity contribution in [3.8, 4) is 11.5 Å². The number of ether oxygens (including phenoxy) is 3. The Labute approximate surface area is 257 Å². The summed E-state index contributed by atoms with van der Waals surface area (Å²) in [5.74, 6) is 1.25. The van der Waals surface area contributed by atoms with Crippen molar-refractivity contribution < 1.29 is 28.6 Å². The molecule has 2 saturated carbocycles. The number of primary amides is 1. The molecule has 3 aliphatic rings. The molecule has 3 fully saturated rings. The molecular weight excluding hydrogens is 572 g/mol. The van der Waals surface area contributed by atoms with Crippen LogP contribution < -0.4 is 20.5 Å². The number of aromatic nitrogens is 1. The van der Waals surface area contributed by atoms with Crippen LogP contribution in [0.3, 0.4) is 0 Å². The Hall–Kier alpha value is -3.53. The molecule has 5 rings (SSSR count). The molecule has 0 radical (unpaired) electrons. The Morgan fingerprint density at radius 2 is 1.79 bits per heavy atom. The Kier molecular flexibility index (Phi) is 8.53. The number of fused-ring (bicyclic) bond motifs is 2. The van der Waals surface area contributed by atoms with Crippen LogP contribution >= 0.6 is 11.6 Å². The number of amides is 3. The number of halogens is 1. The van der Waals surface area contributed by atoms with Crippen molar-refractivity contribution in [3.05, 3.63) is 34.5 Å². The van der Waals surface area contributed by atoms with Crippen LogP contribution in [0.25, 0.3) is 17.0 Å². The van der Waals surface area contributed by atoms with Crippen molar-refractivity contribution in [3.63, 3.8) is 0 Å². The fraction of sp³-hybridized carbons (Fsp3) is 0.562. The van der Waals surface area contributed by atoms with Gasteiger partial charge in [0.2, 0.25) is 11.8 Å². The van der Waals surface area contributed by atoms with E-state index in [-0.39, 0.29) is 19.1 Å². The molecule has 0 spiro atoms. The quantitative estimate of drug-likeness (QED) is 0.424. The number of rotatable bonds is 8. The second-order valence-electron chi connectivity index (χ2n) is 13.3. The highest BCUT2D eigenvalue weighted by Crippen LogP contribution is 2.52. The fourth-order valence-electron chi connectivity index (χ4n) is 6.30. The summed E-state index contributed by atoms with van der Waals surface area (Å²) in [5, 5.41) is 3.81. The van der Waals surface area contributed by atoms with E-state index in [0.29, 0.717) is 45.0 Å². The first-order chi connectivity index (χ1) is 20.2. The lowest BCUT2D eigenvalue weighted by Crippen LogP contribution is -2.57. The molecule has 6 atom stereocenters. The zero-order chi connectivity index (χ0) is 31.2. The Morgan fingerprint density at radius 3 is 2.40 bits per heavy atom. The van der Waals surface area contributed by atoms with E-state index in [9.17, 15) is 14.4 Å². The number of nitrogens with two attached hydrogens (primary N) is 1. The lowest BCUT2D eigenvalue weighted by molar-refractivity contribution is -0.141. The summed E-state index contributed by atoms with van der Waals surface area (Å²) < 4.78 is 17.5. The van der Waals surface area contributed by atoms with E-state index in [1.54, 1.807) is 6.07 Å².